The fraction of sp³-hybridized carbons (Fsp3) is 0.545. The van der Waals surface area contributed by atoms with Crippen LogP contribution in [-0.2, 0) is 0 Å². The van der Waals surface area contributed by atoms with Crippen molar-refractivity contribution in [3.05, 3.63) is 58.3 Å². The van der Waals surface area contributed by atoms with Gasteiger partial charge in [0.1, 0.15) is 0 Å². The van der Waals surface area contributed by atoms with Crippen LogP contribution in [0.1, 0.15) is 37.2 Å². The number of hydrogen-bond donors (Lipinski definition) is 0. The Balaban J connectivity index is 2.19. The molecule has 0 radical (unpaired) electrons. The molecule has 0 amide bonds. The molecule has 0 aliphatic heterocycles. The molecule has 2 aliphatic carbocycles. The van der Waals surface area contributed by atoms with Crippen LogP contribution in [0.3, 0.4) is 0 Å². The van der Waals surface area contributed by atoms with Crippen molar-refractivity contribution in [2.24, 2.45) is 0 Å². The van der Waals surface area contributed by atoms with Crippen LogP contribution in [0.2, 0.25) is 44.8 Å². The Kier molecular flexibility index (Phi) is 4.83. The fourth-order valence-electron chi connectivity index (χ4n) is 4.90. The molecule has 0 heterocycles. The summed E-state index contributed by atoms with van der Waals surface area (Å²) in [5.41, 5.74) is 6.00. The summed E-state index contributed by atoms with van der Waals surface area (Å²) in [6, 6.07) is 11.3. The normalized spacial score (nSPS) is 25.3. The van der Waals surface area contributed by atoms with Crippen molar-refractivity contribution in [1.29, 1.82) is 0 Å². The van der Waals surface area contributed by atoms with Gasteiger partial charge < -0.3 is 0 Å². The Bertz CT molecular complexity index is 653. The molecule has 24 heavy (non-hydrogen) atoms. The molecule has 0 N–H and O–H groups in total. The Morgan fingerprint density at radius 2 is 1.46 bits per heavy atom. The molecule has 0 saturated heterocycles. The average Bonchev–Trinajstić information content (AvgIpc) is 2.52. The van der Waals surface area contributed by atoms with Gasteiger partial charge in [0.05, 0.1) is 16.1 Å². The summed E-state index contributed by atoms with van der Waals surface area (Å²) in [5, 5.41) is 1.78. The Morgan fingerprint density at radius 3 is 2.04 bits per heavy atom. The monoisotopic (exact) mass is 354 g/mol. The Hall–Kier alpha value is -0.866. The van der Waals surface area contributed by atoms with Gasteiger partial charge in [-0.2, -0.15) is 0 Å². The van der Waals surface area contributed by atoms with E-state index in [4.69, 9.17) is 0 Å². The SMILES string of the molecule is C[Si](C)(C)C1=C[C@@H](c2ccccc2)[C@@H]([Si](C)(C)C)C2=C1CCCC2. The van der Waals surface area contributed by atoms with E-state index in [2.05, 4.69) is 75.7 Å². The van der Waals surface area contributed by atoms with Crippen LogP contribution in [0.5, 0.6) is 0 Å². The van der Waals surface area contributed by atoms with Gasteiger partial charge in [0.2, 0.25) is 0 Å². The van der Waals surface area contributed by atoms with Crippen LogP contribution in [-0.4, -0.2) is 16.1 Å². The van der Waals surface area contributed by atoms with E-state index >= 15 is 0 Å². The molecule has 0 saturated carbocycles. The van der Waals surface area contributed by atoms with Crippen molar-refractivity contribution < 1.29 is 0 Å². The highest BCUT2D eigenvalue weighted by atomic mass is 28.3. The zero-order valence-corrected chi connectivity index (χ0v) is 18.4. The molecule has 0 aromatic heterocycles. The maximum Gasteiger partial charge on any atom is 0.0775 e. The predicted molar refractivity (Wildman–Crippen MR) is 113 cm³/mol. The first-order chi connectivity index (χ1) is 11.2. The molecule has 2 atom stereocenters. The van der Waals surface area contributed by atoms with Gasteiger partial charge in [0, 0.05) is 5.92 Å². The molecular weight excluding hydrogens is 320 g/mol. The van der Waals surface area contributed by atoms with Gasteiger partial charge >= 0.3 is 0 Å². The van der Waals surface area contributed by atoms with Gasteiger partial charge in [0.25, 0.3) is 0 Å². The van der Waals surface area contributed by atoms with Crippen LogP contribution >= 0.6 is 0 Å². The van der Waals surface area contributed by atoms with Crippen LogP contribution < -0.4 is 0 Å². The molecule has 0 unspecified atom stereocenters. The summed E-state index contributed by atoms with van der Waals surface area (Å²) in [5.74, 6) is 0.608. The predicted octanol–water partition coefficient (Wildman–Crippen LogP) is 7.17. The lowest BCUT2D eigenvalue weighted by atomic mass is 9.78. The van der Waals surface area contributed by atoms with E-state index in [1.807, 2.05) is 5.57 Å². The van der Waals surface area contributed by atoms with E-state index in [1.165, 1.54) is 31.2 Å². The summed E-state index contributed by atoms with van der Waals surface area (Å²) < 4.78 is 0. The van der Waals surface area contributed by atoms with Gasteiger partial charge in [-0.05, 0) is 42.4 Å². The lowest BCUT2D eigenvalue weighted by molar-refractivity contribution is 0.618. The van der Waals surface area contributed by atoms with E-state index in [9.17, 15) is 0 Å². The molecule has 2 heteroatoms. The first kappa shape index (κ1) is 17.9. The number of benzene rings is 1. The van der Waals surface area contributed by atoms with E-state index in [1.54, 1.807) is 10.8 Å². The number of rotatable bonds is 3. The average molecular weight is 355 g/mol. The highest BCUT2D eigenvalue weighted by molar-refractivity contribution is 6.84. The third-order valence-electron chi connectivity index (χ3n) is 5.84. The highest BCUT2D eigenvalue weighted by Crippen LogP contribution is 2.54. The topological polar surface area (TPSA) is 0 Å². The van der Waals surface area contributed by atoms with Crippen molar-refractivity contribution in [2.45, 2.75) is 76.4 Å². The minimum Gasteiger partial charge on any atom is -0.0772 e. The van der Waals surface area contributed by atoms with Gasteiger partial charge in [-0.3, -0.25) is 0 Å². The van der Waals surface area contributed by atoms with Crippen molar-refractivity contribution in [1.82, 2.24) is 0 Å². The van der Waals surface area contributed by atoms with Crippen LogP contribution in [0, 0.1) is 0 Å². The zero-order chi connectivity index (χ0) is 17.5. The molecule has 3 rings (SSSR count). The van der Waals surface area contributed by atoms with E-state index in [-0.39, 0.29) is 0 Å². The van der Waals surface area contributed by atoms with Crippen LogP contribution in [0.15, 0.2) is 52.8 Å². The van der Waals surface area contributed by atoms with Crippen molar-refractivity contribution in [2.75, 3.05) is 0 Å². The summed E-state index contributed by atoms with van der Waals surface area (Å²) in [6.45, 7) is 15.4. The molecule has 0 fully saturated rings. The second kappa shape index (κ2) is 6.46. The zero-order valence-electron chi connectivity index (χ0n) is 16.4. The first-order valence-electron chi connectivity index (χ1n) is 9.69. The first-order valence-corrected chi connectivity index (χ1v) is 16.8. The fourth-order valence-corrected chi connectivity index (χ4v) is 9.50. The molecule has 0 spiro atoms. The third-order valence-corrected chi connectivity index (χ3v) is 10.5. The summed E-state index contributed by atoms with van der Waals surface area (Å²) in [6.07, 6.45) is 8.23. The highest BCUT2D eigenvalue weighted by Gasteiger charge is 2.42. The molecule has 1 aromatic carbocycles. The maximum absolute atomic E-state index is 2.73. The minimum absolute atomic E-state index is 0.608. The molecule has 0 bridgehead atoms. The minimum atomic E-state index is -1.31. The largest absolute Gasteiger partial charge is 0.0775 e. The quantitative estimate of drug-likeness (QED) is 0.505. The van der Waals surface area contributed by atoms with E-state index in [0.29, 0.717) is 5.92 Å². The Morgan fingerprint density at radius 1 is 0.833 bits per heavy atom. The molecular formula is C22H34Si2. The second-order valence-corrected chi connectivity index (χ2v) is 20.2. The van der Waals surface area contributed by atoms with Gasteiger partial charge in [-0.25, -0.2) is 0 Å². The second-order valence-electron chi connectivity index (χ2n) is 9.82. The molecule has 2 aliphatic rings. The van der Waals surface area contributed by atoms with Gasteiger partial charge in [-0.15, -0.1) is 0 Å². The van der Waals surface area contributed by atoms with Crippen molar-refractivity contribution >= 4 is 16.1 Å². The van der Waals surface area contributed by atoms with E-state index in [0.717, 1.165) is 5.54 Å². The van der Waals surface area contributed by atoms with Gasteiger partial charge in [0.15, 0.2) is 0 Å². The Labute approximate surface area is 151 Å². The van der Waals surface area contributed by atoms with Crippen molar-refractivity contribution in [3.63, 3.8) is 0 Å². The summed E-state index contributed by atoms with van der Waals surface area (Å²) in [7, 11) is -2.60. The third kappa shape index (κ3) is 3.41. The lowest BCUT2D eigenvalue weighted by Gasteiger charge is -2.45. The molecule has 1 aromatic rings. The molecule has 0 nitrogen and oxygen atoms in total. The lowest BCUT2D eigenvalue weighted by Crippen LogP contribution is -2.39. The molecule has 130 valence electrons. The summed E-state index contributed by atoms with van der Waals surface area (Å²) >= 11 is 0. The van der Waals surface area contributed by atoms with Crippen LogP contribution in [0.25, 0.3) is 0 Å². The van der Waals surface area contributed by atoms with Crippen molar-refractivity contribution in [3.8, 4) is 0 Å². The maximum atomic E-state index is 2.73. The number of hydrogen-bond acceptors (Lipinski definition) is 0. The number of allylic oxidation sites excluding steroid dienone is 4. The van der Waals surface area contributed by atoms with Gasteiger partial charge in [-0.1, -0.05) is 86.5 Å². The van der Waals surface area contributed by atoms with E-state index < -0.39 is 16.1 Å². The smallest absolute Gasteiger partial charge is 0.0772 e. The summed E-state index contributed by atoms with van der Waals surface area (Å²) in [4.78, 5) is 0. The van der Waals surface area contributed by atoms with Crippen LogP contribution in [0.4, 0.5) is 0 Å². The standard InChI is InChI=1S/C22H34Si2/c1-23(2,3)21-16-20(17-12-8-7-9-13-17)22(24(4,5)6)19-15-11-10-14-18(19)21/h7-9,12-13,16,20,22H,10-11,14-15H2,1-6H3/t20-,22-/m0/s1.